The highest BCUT2D eigenvalue weighted by atomic mass is 16.4. The summed E-state index contributed by atoms with van der Waals surface area (Å²) in [5.74, 6) is -1.13. The first-order valence-electron chi connectivity index (χ1n) is 5.07. The molecule has 86 valence electrons. The standard InChI is InChI=1S/C12H14O4/c13-10(8-12(15)16)6-7-11(14)9-4-2-1-3-5-9/h1-5,10,13H,6-8H2,(H,15,16). The van der Waals surface area contributed by atoms with E-state index in [0.717, 1.165) is 0 Å². The van der Waals surface area contributed by atoms with Crippen LogP contribution in [-0.4, -0.2) is 28.1 Å². The molecule has 0 saturated heterocycles. The third-order valence-electron chi connectivity index (χ3n) is 2.21. The molecule has 4 heteroatoms. The maximum atomic E-state index is 11.6. The van der Waals surface area contributed by atoms with E-state index in [-0.39, 0.29) is 25.0 Å². The van der Waals surface area contributed by atoms with Crippen LogP contribution < -0.4 is 0 Å². The minimum Gasteiger partial charge on any atom is -0.481 e. The highest BCUT2D eigenvalue weighted by molar-refractivity contribution is 5.95. The molecule has 1 unspecified atom stereocenters. The van der Waals surface area contributed by atoms with Gasteiger partial charge < -0.3 is 10.2 Å². The van der Waals surface area contributed by atoms with Gasteiger partial charge >= 0.3 is 5.97 Å². The van der Waals surface area contributed by atoms with Crippen LogP contribution >= 0.6 is 0 Å². The number of benzene rings is 1. The lowest BCUT2D eigenvalue weighted by molar-refractivity contribution is -0.139. The molecule has 0 amide bonds. The smallest absolute Gasteiger partial charge is 0.305 e. The summed E-state index contributed by atoms with van der Waals surface area (Å²) in [5, 5.41) is 17.7. The molecular formula is C12H14O4. The van der Waals surface area contributed by atoms with E-state index in [1.165, 1.54) is 0 Å². The van der Waals surface area contributed by atoms with Crippen LogP contribution in [0.4, 0.5) is 0 Å². The molecule has 0 fully saturated rings. The third-order valence-corrected chi connectivity index (χ3v) is 2.21. The van der Waals surface area contributed by atoms with Crippen molar-refractivity contribution in [2.45, 2.75) is 25.4 Å². The Bertz CT molecular complexity index is 359. The highest BCUT2D eigenvalue weighted by Crippen LogP contribution is 2.08. The van der Waals surface area contributed by atoms with E-state index < -0.39 is 12.1 Å². The molecule has 2 N–H and O–H groups in total. The predicted octanol–water partition coefficient (Wildman–Crippen LogP) is 1.49. The number of aliphatic hydroxyl groups excluding tert-OH is 1. The topological polar surface area (TPSA) is 74.6 Å². The van der Waals surface area contributed by atoms with Gasteiger partial charge in [-0.3, -0.25) is 9.59 Å². The van der Waals surface area contributed by atoms with Gasteiger partial charge in [-0.25, -0.2) is 0 Å². The van der Waals surface area contributed by atoms with Crippen LogP contribution in [0.25, 0.3) is 0 Å². The monoisotopic (exact) mass is 222 g/mol. The van der Waals surface area contributed by atoms with Crippen LogP contribution in [0.1, 0.15) is 29.6 Å². The molecule has 0 bridgehead atoms. The van der Waals surface area contributed by atoms with E-state index >= 15 is 0 Å². The number of hydrogen-bond acceptors (Lipinski definition) is 3. The lowest BCUT2D eigenvalue weighted by atomic mass is 10.0. The Morgan fingerprint density at radius 2 is 1.81 bits per heavy atom. The van der Waals surface area contributed by atoms with Crippen LogP contribution in [-0.2, 0) is 4.79 Å². The second-order valence-corrected chi connectivity index (χ2v) is 3.58. The fraction of sp³-hybridized carbons (Fsp3) is 0.333. The summed E-state index contributed by atoms with van der Waals surface area (Å²) < 4.78 is 0. The second kappa shape index (κ2) is 6.02. The third kappa shape index (κ3) is 4.23. The summed E-state index contributed by atoms with van der Waals surface area (Å²) in [6.07, 6.45) is -0.925. The summed E-state index contributed by atoms with van der Waals surface area (Å²) in [6, 6.07) is 8.75. The molecule has 1 rings (SSSR count). The Hall–Kier alpha value is -1.68. The zero-order valence-electron chi connectivity index (χ0n) is 8.80. The normalized spacial score (nSPS) is 12.1. The van der Waals surface area contributed by atoms with E-state index in [1.807, 2.05) is 6.07 Å². The lowest BCUT2D eigenvalue weighted by Crippen LogP contribution is -2.14. The molecule has 16 heavy (non-hydrogen) atoms. The molecular weight excluding hydrogens is 208 g/mol. The van der Waals surface area contributed by atoms with Gasteiger partial charge in [0.05, 0.1) is 12.5 Å². The van der Waals surface area contributed by atoms with Crippen molar-refractivity contribution >= 4 is 11.8 Å². The van der Waals surface area contributed by atoms with Crippen LogP contribution in [0.5, 0.6) is 0 Å². The minimum atomic E-state index is -1.06. The van der Waals surface area contributed by atoms with Crippen LogP contribution in [0.3, 0.4) is 0 Å². The Balaban J connectivity index is 2.39. The molecule has 0 aliphatic carbocycles. The van der Waals surface area contributed by atoms with Crippen molar-refractivity contribution in [1.29, 1.82) is 0 Å². The summed E-state index contributed by atoms with van der Waals surface area (Å²) in [4.78, 5) is 21.9. The largest absolute Gasteiger partial charge is 0.481 e. The number of hydrogen-bond donors (Lipinski definition) is 2. The molecule has 1 aromatic carbocycles. The van der Waals surface area contributed by atoms with Gasteiger partial charge in [0, 0.05) is 12.0 Å². The number of aliphatic carboxylic acids is 1. The van der Waals surface area contributed by atoms with Crippen molar-refractivity contribution in [3.05, 3.63) is 35.9 Å². The van der Waals surface area contributed by atoms with Crippen molar-refractivity contribution in [1.82, 2.24) is 0 Å². The van der Waals surface area contributed by atoms with Crippen LogP contribution in [0.15, 0.2) is 30.3 Å². The lowest BCUT2D eigenvalue weighted by Gasteiger charge is -2.06. The average Bonchev–Trinajstić information content (AvgIpc) is 2.26. The van der Waals surface area contributed by atoms with Crippen LogP contribution in [0, 0.1) is 0 Å². The first-order chi connectivity index (χ1) is 7.59. The summed E-state index contributed by atoms with van der Waals surface area (Å²) >= 11 is 0. The molecule has 0 saturated carbocycles. The fourth-order valence-corrected chi connectivity index (χ4v) is 1.37. The Kier molecular flexibility index (Phi) is 4.66. The van der Waals surface area contributed by atoms with Gasteiger partial charge in [-0.2, -0.15) is 0 Å². The van der Waals surface area contributed by atoms with E-state index in [4.69, 9.17) is 5.11 Å². The quantitative estimate of drug-likeness (QED) is 0.715. The van der Waals surface area contributed by atoms with E-state index in [1.54, 1.807) is 24.3 Å². The van der Waals surface area contributed by atoms with Crippen LogP contribution in [0.2, 0.25) is 0 Å². The maximum absolute atomic E-state index is 11.6. The van der Waals surface area contributed by atoms with Crippen molar-refractivity contribution in [2.24, 2.45) is 0 Å². The molecule has 0 aromatic heterocycles. The molecule has 1 aromatic rings. The summed E-state index contributed by atoms with van der Waals surface area (Å²) in [7, 11) is 0. The molecule has 1 atom stereocenters. The van der Waals surface area contributed by atoms with Crippen molar-refractivity contribution in [3.8, 4) is 0 Å². The van der Waals surface area contributed by atoms with Gasteiger partial charge in [-0.15, -0.1) is 0 Å². The van der Waals surface area contributed by atoms with Crippen molar-refractivity contribution in [3.63, 3.8) is 0 Å². The fourth-order valence-electron chi connectivity index (χ4n) is 1.37. The zero-order valence-corrected chi connectivity index (χ0v) is 8.80. The van der Waals surface area contributed by atoms with Gasteiger partial charge in [0.1, 0.15) is 0 Å². The maximum Gasteiger partial charge on any atom is 0.305 e. The Morgan fingerprint density at radius 1 is 1.19 bits per heavy atom. The van der Waals surface area contributed by atoms with Gasteiger partial charge in [0.15, 0.2) is 5.78 Å². The first kappa shape index (κ1) is 12.4. The number of carbonyl (C=O) groups is 2. The van der Waals surface area contributed by atoms with Gasteiger partial charge in [-0.1, -0.05) is 30.3 Å². The second-order valence-electron chi connectivity index (χ2n) is 3.58. The Morgan fingerprint density at radius 3 is 2.38 bits per heavy atom. The van der Waals surface area contributed by atoms with E-state index in [2.05, 4.69) is 0 Å². The number of rotatable bonds is 6. The number of carboxylic acid groups (broad SMARTS) is 1. The van der Waals surface area contributed by atoms with E-state index in [0.29, 0.717) is 5.56 Å². The zero-order chi connectivity index (χ0) is 12.0. The molecule has 0 aliphatic heterocycles. The molecule has 0 radical (unpaired) electrons. The van der Waals surface area contributed by atoms with Crippen molar-refractivity contribution in [2.75, 3.05) is 0 Å². The van der Waals surface area contributed by atoms with Crippen molar-refractivity contribution < 1.29 is 19.8 Å². The van der Waals surface area contributed by atoms with Gasteiger partial charge in [0.25, 0.3) is 0 Å². The minimum absolute atomic E-state index is 0.0787. The van der Waals surface area contributed by atoms with Gasteiger partial charge in [0.2, 0.25) is 0 Å². The number of Topliss-reactive ketones (excluding diaryl/α,β-unsaturated/α-hetero) is 1. The summed E-state index contributed by atoms with van der Waals surface area (Å²) in [5.41, 5.74) is 0.588. The summed E-state index contributed by atoms with van der Waals surface area (Å²) in [6.45, 7) is 0. The Labute approximate surface area is 93.5 Å². The number of carboxylic acids is 1. The van der Waals surface area contributed by atoms with E-state index in [9.17, 15) is 14.7 Å². The molecule has 0 spiro atoms. The SMILES string of the molecule is O=C(O)CC(O)CCC(=O)c1ccccc1. The number of carbonyl (C=O) groups excluding carboxylic acids is 1. The predicted molar refractivity (Wildman–Crippen MR) is 58.3 cm³/mol. The number of aliphatic hydroxyl groups is 1. The average molecular weight is 222 g/mol. The molecule has 0 heterocycles. The molecule has 0 aliphatic rings. The number of ketones is 1. The first-order valence-corrected chi connectivity index (χ1v) is 5.07. The molecule has 4 nitrogen and oxygen atoms in total. The highest BCUT2D eigenvalue weighted by Gasteiger charge is 2.12. The van der Waals surface area contributed by atoms with Gasteiger partial charge in [-0.05, 0) is 6.42 Å².